The van der Waals surface area contributed by atoms with Gasteiger partial charge in [-0.25, -0.2) is 0 Å². The minimum absolute atomic E-state index is 0.696. The highest BCUT2D eigenvalue weighted by Crippen LogP contribution is 2.12. The van der Waals surface area contributed by atoms with Crippen molar-refractivity contribution < 1.29 is 13.3 Å². The molecule has 0 saturated carbocycles. The first-order valence-electron chi connectivity index (χ1n) is 10.8. The molecule has 0 aliphatic rings. The molecule has 4 heteroatoms. The monoisotopic (exact) mass is 384 g/mol. The highest BCUT2D eigenvalue weighted by Gasteiger charge is 2.34. The standard InChI is InChI=1S/C22H44O3Si/c1-5-7-8-9-10-11-12-13-14-15-16-17-18-19-20-21-22-25-26(6-2,23-3)24-4/h6,13-14H,2,5,7-12,15-22H2,1,3-4H3. The lowest BCUT2D eigenvalue weighted by Gasteiger charge is -2.22. The van der Waals surface area contributed by atoms with Crippen LogP contribution in [0.3, 0.4) is 0 Å². The largest absolute Gasteiger partial charge is 0.528 e. The van der Waals surface area contributed by atoms with Gasteiger partial charge in [-0.1, -0.05) is 83.4 Å². The van der Waals surface area contributed by atoms with Crippen LogP contribution >= 0.6 is 0 Å². The molecular weight excluding hydrogens is 340 g/mol. The van der Waals surface area contributed by atoms with E-state index >= 15 is 0 Å². The molecule has 0 bridgehead atoms. The Kier molecular flexibility index (Phi) is 19.0. The van der Waals surface area contributed by atoms with E-state index in [1.807, 2.05) is 0 Å². The Hall–Kier alpha value is -0.423. The lowest BCUT2D eigenvalue weighted by molar-refractivity contribution is 0.110. The number of allylic oxidation sites excluding steroid dienone is 2. The molecule has 26 heavy (non-hydrogen) atoms. The van der Waals surface area contributed by atoms with Crippen LogP contribution in [-0.4, -0.2) is 29.6 Å². The van der Waals surface area contributed by atoms with E-state index in [4.69, 9.17) is 13.3 Å². The van der Waals surface area contributed by atoms with Crippen LogP contribution in [0.25, 0.3) is 0 Å². The van der Waals surface area contributed by atoms with Crippen molar-refractivity contribution in [1.82, 2.24) is 0 Å². The van der Waals surface area contributed by atoms with E-state index in [9.17, 15) is 0 Å². The first-order valence-corrected chi connectivity index (χ1v) is 12.6. The van der Waals surface area contributed by atoms with Crippen molar-refractivity contribution in [2.24, 2.45) is 0 Å². The minimum atomic E-state index is -2.57. The van der Waals surface area contributed by atoms with E-state index in [2.05, 4.69) is 25.7 Å². The summed E-state index contributed by atoms with van der Waals surface area (Å²) in [4.78, 5) is 0. The molecule has 0 rings (SSSR count). The topological polar surface area (TPSA) is 27.7 Å². The molecule has 0 unspecified atom stereocenters. The lowest BCUT2D eigenvalue weighted by atomic mass is 10.1. The number of hydrogen-bond acceptors (Lipinski definition) is 3. The summed E-state index contributed by atoms with van der Waals surface area (Å²) in [6.45, 7) is 6.72. The maximum atomic E-state index is 5.76. The van der Waals surface area contributed by atoms with Gasteiger partial charge in [0, 0.05) is 20.8 Å². The summed E-state index contributed by atoms with van der Waals surface area (Å²) < 4.78 is 16.4. The molecule has 0 aromatic rings. The van der Waals surface area contributed by atoms with Crippen molar-refractivity contribution in [3.05, 3.63) is 24.4 Å². The zero-order valence-corrected chi connectivity index (χ0v) is 18.8. The van der Waals surface area contributed by atoms with E-state index in [0.717, 1.165) is 6.42 Å². The molecule has 0 aromatic heterocycles. The summed E-state index contributed by atoms with van der Waals surface area (Å²) in [6.07, 6.45) is 23.2. The Balaban J connectivity index is 3.31. The summed E-state index contributed by atoms with van der Waals surface area (Å²) in [7, 11) is 0.679. The van der Waals surface area contributed by atoms with Crippen LogP contribution in [0.4, 0.5) is 0 Å². The maximum Gasteiger partial charge on any atom is 0.528 e. The summed E-state index contributed by atoms with van der Waals surface area (Å²) in [5.74, 6) is 0. The van der Waals surface area contributed by atoms with Gasteiger partial charge in [0.2, 0.25) is 0 Å². The minimum Gasteiger partial charge on any atom is -0.374 e. The number of unbranched alkanes of at least 4 members (excludes halogenated alkanes) is 12. The van der Waals surface area contributed by atoms with E-state index in [1.165, 1.54) is 83.5 Å². The maximum absolute atomic E-state index is 5.76. The Bertz CT molecular complexity index is 327. The van der Waals surface area contributed by atoms with Crippen molar-refractivity contribution >= 4 is 8.80 Å². The third kappa shape index (κ3) is 14.7. The molecule has 0 amide bonds. The fourth-order valence-corrected chi connectivity index (χ4v) is 4.27. The average Bonchev–Trinajstić information content (AvgIpc) is 2.68. The third-order valence-electron chi connectivity index (χ3n) is 4.78. The summed E-state index contributed by atoms with van der Waals surface area (Å²) in [5, 5.41) is 0. The molecular formula is C22H44O3Si. The highest BCUT2D eigenvalue weighted by molar-refractivity contribution is 6.66. The molecule has 0 N–H and O–H groups in total. The van der Waals surface area contributed by atoms with Gasteiger partial charge in [0.05, 0.1) is 0 Å². The second-order valence-corrected chi connectivity index (χ2v) is 9.72. The number of rotatable bonds is 20. The van der Waals surface area contributed by atoms with Gasteiger partial charge in [-0.15, -0.1) is 0 Å². The molecule has 0 fully saturated rings. The van der Waals surface area contributed by atoms with Crippen LogP contribution < -0.4 is 0 Å². The van der Waals surface area contributed by atoms with Gasteiger partial charge in [-0.2, -0.15) is 0 Å². The molecule has 0 atom stereocenters. The van der Waals surface area contributed by atoms with Crippen molar-refractivity contribution in [2.75, 3.05) is 20.8 Å². The predicted octanol–water partition coefficient (Wildman–Crippen LogP) is 7.00. The van der Waals surface area contributed by atoms with E-state index in [0.29, 0.717) is 6.61 Å². The van der Waals surface area contributed by atoms with Gasteiger partial charge < -0.3 is 13.3 Å². The Morgan fingerprint density at radius 2 is 1.15 bits per heavy atom. The normalized spacial score (nSPS) is 12.1. The van der Waals surface area contributed by atoms with Crippen molar-refractivity contribution in [3.63, 3.8) is 0 Å². The summed E-state index contributed by atoms with van der Waals surface area (Å²) >= 11 is 0. The van der Waals surface area contributed by atoms with Crippen molar-refractivity contribution in [3.8, 4) is 0 Å². The van der Waals surface area contributed by atoms with Crippen molar-refractivity contribution in [2.45, 2.75) is 96.8 Å². The predicted molar refractivity (Wildman–Crippen MR) is 115 cm³/mol. The first kappa shape index (κ1) is 25.6. The van der Waals surface area contributed by atoms with Crippen LogP contribution in [0.1, 0.15) is 96.8 Å². The van der Waals surface area contributed by atoms with Crippen LogP contribution in [0.5, 0.6) is 0 Å². The quantitative estimate of drug-likeness (QED) is 0.128. The van der Waals surface area contributed by atoms with Crippen LogP contribution in [0.2, 0.25) is 0 Å². The third-order valence-corrected chi connectivity index (χ3v) is 7.02. The van der Waals surface area contributed by atoms with E-state index in [-0.39, 0.29) is 0 Å². The van der Waals surface area contributed by atoms with Gasteiger partial charge in [0.15, 0.2) is 0 Å². The Morgan fingerprint density at radius 3 is 1.62 bits per heavy atom. The molecule has 0 radical (unpaired) electrons. The molecule has 154 valence electrons. The lowest BCUT2D eigenvalue weighted by Crippen LogP contribution is -2.42. The molecule has 0 heterocycles. The zero-order valence-electron chi connectivity index (χ0n) is 17.8. The summed E-state index contributed by atoms with van der Waals surface area (Å²) in [5.41, 5.74) is 1.69. The van der Waals surface area contributed by atoms with Gasteiger partial charge >= 0.3 is 8.80 Å². The van der Waals surface area contributed by atoms with Gasteiger partial charge in [-0.05, 0) is 37.8 Å². The van der Waals surface area contributed by atoms with E-state index < -0.39 is 8.80 Å². The SMILES string of the molecule is C=C[Si](OC)(OC)OCCCCCCCCC=CCCCCCCCC. The van der Waals surface area contributed by atoms with Gasteiger partial charge in [0.25, 0.3) is 0 Å². The molecule has 0 aliphatic heterocycles. The molecule has 0 saturated heterocycles. The van der Waals surface area contributed by atoms with Crippen LogP contribution in [0, 0.1) is 0 Å². The Labute approximate surface area is 164 Å². The van der Waals surface area contributed by atoms with Crippen LogP contribution in [-0.2, 0) is 13.3 Å². The second kappa shape index (κ2) is 19.3. The second-order valence-electron chi connectivity index (χ2n) is 7.00. The molecule has 0 spiro atoms. The molecule has 0 aromatic carbocycles. The Morgan fingerprint density at radius 1 is 0.692 bits per heavy atom. The smallest absolute Gasteiger partial charge is 0.374 e. The number of hydrogen-bond donors (Lipinski definition) is 0. The van der Waals surface area contributed by atoms with Gasteiger partial charge in [0.1, 0.15) is 0 Å². The van der Waals surface area contributed by atoms with E-state index in [1.54, 1.807) is 19.9 Å². The average molecular weight is 385 g/mol. The van der Waals surface area contributed by atoms with Crippen LogP contribution in [0.15, 0.2) is 24.4 Å². The highest BCUT2D eigenvalue weighted by atomic mass is 28.4. The zero-order chi connectivity index (χ0) is 19.3. The molecule has 3 nitrogen and oxygen atoms in total. The summed E-state index contributed by atoms with van der Waals surface area (Å²) in [6, 6.07) is 0. The fraction of sp³-hybridized carbons (Fsp3) is 0.818. The fourth-order valence-electron chi connectivity index (χ4n) is 2.99. The first-order chi connectivity index (χ1) is 12.7. The molecule has 0 aliphatic carbocycles. The van der Waals surface area contributed by atoms with Gasteiger partial charge in [-0.3, -0.25) is 0 Å². The van der Waals surface area contributed by atoms with Crippen molar-refractivity contribution in [1.29, 1.82) is 0 Å².